The number of likely N-dealkylation sites (tertiary alicyclic amines) is 1. The molecule has 1 aliphatic heterocycles. The van der Waals surface area contributed by atoms with Gasteiger partial charge in [-0.25, -0.2) is 0 Å². The molecule has 1 aromatic heterocycles. The first-order valence-electron chi connectivity index (χ1n) is 12.0. The predicted molar refractivity (Wildman–Crippen MR) is 121 cm³/mol. The highest BCUT2D eigenvalue weighted by Crippen LogP contribution is 2.45. The molecule has 4 nitrogen and oxygen atoms in total. The minimum absolute atomic E-state index is 0.0143. The Balaban J connectivity index is 1.40. The molecular weight excluding hydrogens is 372 g/mol. The zero-order valence-electron chi connectivity index (χ0n) is 18.9. The van der Waals surface area contributed by atoms with Gasteiger partial charge in [-0.2, -0.15) is 0 Å². The normalized spacial score (nSPS) is 31.7. The van der Waals surface area contributed by atoms with E-state index in [-0.39, 0.29) is 18.0 Å². The van der Waals surface area contributed by atoms with Crippen LogP contribution in [-0.2, 0) is 16.0 Å². The summed E-state index contributed by atoms with van der Waals surface area (Å²) in [6, 6.07) is 7.69. The third kappa shape index (κ3) is 3.37. The zero-order valence-corrected chi connectivity index (χ0v) is 18.9. The molecule has 1 aromatic carbocycles. The van der Waals surface area contributed by atoms with E-state index in [1.807, 2.05) is 0 Å². The molecule has 5 rings (SSSR count). The summed E-state index contributed by atoms with van der Waals surface area (Å²) in [6.45, 7) is 7.63. The van der Waals surface area contributed by atoms with Gasteiger partial charge in [0.25, 0.3) is 0 Å². The van der Waals surface area contributed by atoms with Crippen LogP contribution in [0.5, 0.6) is 0 Å². The average molecular weight is 409 g/mol. The number of hydrogen-bond acceptors (Lipinski definition) is 3. The van der Waals surface area contributed by atoms with Crippen LogP contribution in [0.4, 0.5) is 0 Å². The van der Waals surface area contributed by atoms with Crippen molar-refractivity contribution < 1.29 is 9.53 Å². The van der Waals surface area contributed by atoms with Crippen LogP contribution in [0.15, 0.2) is 24.4 Å². The van der Waals surface area contributed by atoms with Crippen LogP contribution in [0.3, 0.4) is 0 Å². The van der Waals surface area contributed by atoms with Gasteiger partial charge in [0.15, 0.2) is 0 Å². The summed E-state index contributed by atoms with van der Waals surface area (Å²) in [5, 5.41) is 1.44. The Morgan fingerprint density at radius 1 is 1.17 bits per heavy atom. The van der Waals surface area contributed by atoms with Gasteiger partial charge in [-0.1, -0.05) is 19.1 Å². The topological polar surface area (TPSA) is 34.5 Å². The molecule has 0 bridgehead atoms. The number of aromatic nitrogens is 1. The number of esters is 1. The monoisotopic (exact) mass is 408 g/mol. The van der Waals surface area contributed by atoms with E-state index < -0.39 is 0 Å². The van der Waals surface area contributed by atoms with Crippen molar-refractivity contribution in [2.45, 2.75) is 83.4 Å². The molecule has 0 spiro atoms. The number of fused-ring (bicyclic) bond motifs is 2. The van der Waals surface area contributed by atoms with E-state index in [9.17, 15) is 4.79 Å². The molecule has 30 heavy (non-hydrogen) atoms. The molecule has 2 aliphatic carbocycles. The van der Waals surface area contributed by atoms with E-state index in [0.717, 1.165) is 38.1 Å². The van der Waals surface area contributed by atoms with E-state index in [2.05, 4.69) is 61.7 Å². The third-order valence-electron chi connectivity index (χ3n) is 8.01. The van der Waals surface area contributed by atoms with E-state index in [1.165, 1.54) is 34.9 Å². The standard InChI is InChI=1S/C26H36N2O2/c1-16(2)28-15-18-13-24-22(21-6-5-7-23(28)25(18)21)12-19(14-27(24)4)26(29)30-20-10-8-17(3)9-11-20/h5-7,15-17,19-20,22,24H,8-14H2,1-4H3/t17?,19-,20?,22?,24?/m1/s1. The van der Waals surface area contributed by atoms with Crippen LogP contribution in [0.1, 0.15) is 76.0 Å². The fraction of sp³-hybridized carbons (Fsp3) is 0.654. The molecule has 2 unspecified atom stereocenters. The first-order valence-corrected chi connectivity index (χ1v) is 12.0. The number of carbonyl (C=O) groups excluding carboxylic acids is 1. The zero-order chi connectivity index (χ0) is 21.0. The van der Waals surface area contributed by atoms with Crippen molar-refractivity contribution >= 4 is 16.9 Å². The SMILES string of the molecule is CC1CCC(OC(=O)[C@@H]2CC3c4cccc5c4c(cn5C(C)C)CC3N(C)C2)CC1. The second-order valence-corrected chi connectivity index (χ2v) is 10.5. The molecule has 3 atom stereocenters. The average Bonchev–Trinajstić information content (AvgIpc) is 3.10. The van der Waals surface area contributed by atoms with Gasteiger partial charge in [-0.15, -0.1) is 0 Å². The van der Waals surface area contributed by atoms with Crippen LogP contribution >= 0.6 is 0 Å². The van der Waals surface area contributed by atoms with E-state index in [4.69, 9.17) is 4.74 Å². The maximum atomic E-state index is 13.1. The van der Waals surface area contributed by atoms with Crippen molar-refractivity contribution in [3.05, 3.63) is 35.5 Å². The maximum Gasteiger partial charge on any atom is 0.310 e. The largest absolute Gasteiger partial charge is 0.462 e. The minimum atomic E-state index is -0.0143. The number of ether oxygens (including phenoxy) is 1. The Labute approximate surface area is 180 Å². The summed E-state index contributed by atoms with van der Waals surface area (Å²) in [5.41, 5.74) is 4.26. The molecule has 0 N–H and O–H groups in total. The molecule has 1 saturated heterocycles. The van der Waals surface area contributed by atoms with Crippen molar-refractivity contribution in [1.82, 2.24) is 9.47 Å². The summed E-state index contributed by atoms with van der Waals surface area (Å²) >= 11 is 0. The lowest BCUT2D eigenvalue weighted by atomic mass is 9.72. The van der Waals surface area contributed by atoms with Gasteiger partial charge in [-0.05, 0) is 82.5 Å². The van der Waals surface area contributed by atoms with Gasteiger partial charge >= 0.3 is 5.97 Å². The summed E-state index contributed by atoms with van der Waals surface area (Å²) in [6.07, 6.45) is 8.94. The molecule has 3 aliphatic rings. The number of rotatable bonds is 3. The van der Waals surface area contributed by atoms with Crippen LogP contribution in [-0.4, -0.2) is 41.2 Å². The van der Waals surface area contributed by atoms with Crippen molar-refractivity contribution in [3.8, 4) is 0 Å². The lowest BCUT2D eigenvalue weighted by molar-refractivity contribution is -0.158. The van der Waals surface area contributed by atoms with Crippen LogP contribution in [0, 0.1) is 11.8 Å². The Kier molecular flexibility index (Phi) is 5.17. The lowest BCUT2D eigenvalue weighted by Gasteiger charge is -2.45. The molecule has 0 amide bonds. The van der Waals surface area contributed by atoms with Crippen LogP contribution in [0.2, 0.25) is 0 Å². The summed E-state index contributed by atoms with van der Waals surface area (Å²) in [7, 11) is 2.20. The highest BCUT2D eigenvalue weighted by atomic mass is 16.5. The number of carbonyl (C=O) groups is 1. The molecule has 2 fully saturated rings. The fourth-order valence-corrected chi connectivity index (χ4v) is 6.28. The third-order valence-corrected chi connectivity index (χ3v) is 8.01. The molecular formula is C26H36N2O2. The number of benzene rings is 1. The molecule has 2 heterocycles. The van der Waals surface area contributed by atoms with Crippen LogP contribution < -0.4 is 0 Å². The molecule has 4 heteroatoms. The van der Waals surface area contributed by atoms with Crippen molar-refractivity contribution in [2.24, 2.45) is 11.8 Å². The van der Waals surface area contributed by atoms with Crippen molar-refractivity contribution in [2.75, 3.05) is 13.6 Å². The number of nitrogens with zero attached hydrogens (tertiary/aromatic N) is 2. The van der Waals surface area contributed by atoms with Gasteiger partial charge < -0.3 is 14.2 Å². The number of hydrogen-bond donors (Lipinski definition) is 0. The second kappa shape index (κ2) is 7.71. The smallest absolute Gasteiger partial charge is 0.310 e. The van der Waals surface area contributed by atoms with Crippen molar-refractivity contribution in [3.63, 3.8) is 0 Å². The highest BCUT2D eigenvalue weighted by Gasteiger charge is 2.42. The van der Waals surface area contributed by atoms with Gasteiger partial charge in [0.1, 0.15) is 6.10 Å². The lowest BCUT2D eigenvalue weighted by Crippen LogP contribution is -2.50. The van der Waals surface area contributed by atoms with Gasteiger partial charge in [0, 0.05) is 41.6 Å². The highest BCUT2D eigenvalue weighted by molar-refractivity contribution is 5.89. The Bertz CT molecular complexity index is 938. The first-order chi connectivity index (χ1) is 14.4. The van der Waals surface area contributed by atoms with E-state index in [0.29, 0.717) is 18.0 Å². The molecule has 162 valence electrons. The summed E-state index contributed by atoms with van der Waals surface area (Å²) < 4.78 is 8.43. The quantitative estimate of drug-likeness (QED) is 0.646. The Hall–Kier alpha value is -1.81. The predicted octanol–water partition coefficient (Wildman–Crippen LogP) is 5.30. The second-order valence-electron chi connectivity index (χ2n) is 10.5. The van der Waals surface area contributed by atoms with Gasteiger partial charge in [0.2, 0.25) is 0 Å². The minimum Gasteiger partial charge on any atom is -0.462 e. The fourth-order valence-electron chi connectivity index (χ4n) is 6.28. The maximum absolute atomic E-state index is 13.1. The molecule has 0 radical (unpaired) electrons. The van der Waals surface area contributed by atoms with Crippen molar-refractivity contribution in [1.29, 1.82) is 0 Å². The number of likely N-dealkylation sites (N-methyl/N-ethyl adjacent to an activating group) is 1. The molecule has 1 saturated carbocycles. The van der Waals surface area contributed by atoms with E-state index in [1.54, 1.807) is 0 Å². The van der Waals surface area contributed by atoms with Crippen LogP contribution in [0.25, 0.3) is 10.9 Å². The molecule has 2 aromatic rings. The first kappa shape index (κ1) is 20.1. The van der Waals surface area contributed by atoms with Gasteiger partial charge in [-0.3, -0.25) is 4.79 Å². The summed E-state index contributed by atoms with van der Waals surface area (Å²) in [4.78, 5) is 15.5. The van der Waals surface area contributed by atoms with Gasteiger partial charge in [0.05, 0.1) is 5.92 Å². The Morgan fingerprint density at radius 3 is 2.67 bits per heavy atom. The summed E-state index contributed by atoms with van der Waals surface area (Å²) in [5.74, 6) is 1.21. The number of piperidine rings is 1. The Morgan fingerprint density at radius 2 is 1.93 bits per heavy atom. The van der Waals surface area contributed by atoms with E-state index >= 15 is 0 Å².